The zero-order valence-electron chi connectivity index (χ0n) is 19.0. The van der Waals surface area contributed by atoms with Gasteiger partial charge in [-0.15, -0.1) is 0 Å². The first-order chi connectivity index (χ1) is 15.8. The van der Waals surface area contributed by atoms with Gasteiger partial charge in [0.05, 0.1) is 24.2 Å². The second kappa shape index (κ2) is 9.40. The molecule has 0 unspecified atom stereocenters. The molecule has 0 bridgehead atoms. The first-order valence-corrected chi connectivity index (χ1v) is 11.0. The van der Waals surface area contributed by atoms with Crippen LogP contribution in [-0.4, -0.2) is 38.0 Å². The van der Waals surface area contributed by atoms with E-state index in [4.69, 9.17) is 0 Å². The van der Waals surface area contributed by atoms with Crippen LogP contribution >= 0.6 is 0 Å². The highest BCUT2D eigenvalue weighted by Gasteiger charge is 2.34. The Morgan fingerprint density at radius 2 is 1.91 bits per heavy atom. The van der Waals surface area contributed by atoms with Crippen molar-refractivity contribution in [2.75, 3.05) is 0 Å². The molecule has 1 aliphatic carbocycles. The minimum Gasteiger partial charge on any atom is -0.350 e. The van der Waals surface area contributed by atoms with Crippen LogP contribution in [0.25, 0.3) is 0 Å². The molecule has 2 heterocycles. The average molecular weight is 449 g/mol. The first-order valence-electron chi connectivity index (χ1n) is 11.0. The van der Waals surface area contributed by atoms with Crippen molar-refractivity contribution >= 4 is 11.8 Å². The molecular formula is C24H28N6O3. The maximum absolute atomic E-state index is 12.8. The van der Waals surface area contributed by atoms with E-state index in [-0.39, 0.29) is 42.3 Å². The van der Waals surface area contributed by atoms with Crippen LogP contribution < -0.4 is 16.2 Å². The Morgan fingerprint density at radius 3 is 2.64 bits per heavy atom. The highest BCUT2D eigenvalue weighted by molar-refractivity contribution is 5.80. The average Bonchev–Trinajstić information content (AvgIpc) is 3.27. The van der Waals surface area contributed by atoms with Crippen LogP contribution in [0, 0.1) is 20.8 Å². The monoisotopic (exact) mass is 448 g/mol. The van der Waals surface area contributed by atoms with Gasteiger partial charge < -0.3 is 15.6 Å². The van der Waals surface area contributed by atoms with Crippen molar-refractivity contribution in [3.63, 3.8) is 0 Å². The SMILES string of the molecule is Cc1ncc(CCC(=O)N[C@@H]2c3ccccc3C[C@H]2NC(=O)Cc2c(C)n[nH]c2C)c(=O)[nH]1. The van der Waals surface area contributed by atoms with Gasteiger partial charge >= 0.3 is 0 Å². The van der Waals surface area contributed by atoms with E-state index >= 15 is 0 Å². The summed E-state index contributed by atoms with van der Waals surface area (Å²) in [6.45, 7) is 5.47. The summed E-state index contributed by atoms with van der Waals surface area (Å²) in [4.78, 5) is 44.4. The van der Waals surface area contributed by atoms with Gasteiger partial charge in [0.15, 0.2) is 0 Å². The Labute approximate surface area is 191 Å². The first kappa shape index (κ1) is 22.4. The fraction of sp³-hybridized carbons (Fsp3) is 0.375. The van der Waals surface area contributed by atoms with E-state index in [9.17, 15) is 14.4 Å². The molecule has 2 atom stereocenters. The summed E-state index contributed by atoms with van der Waals surface area (Å²) in [5.41, 5.74) is 4.92. The molecule has 33 heavy (non-hydrogen) atoms. The van der Waals surface area contributed by atoms with Crippen molar-refractivity contribution in [1.29, 1.82) is 0 Å². The number of aromatic nitrogens is 4. The second-order valence-electron chi connectivity index (χ2n) is 8.53. The van der Waals surface area contributed by atoms with E-state index in [1.165, 1.54) is 6.20 Å². The molecule has 9 nitrogen and oxygen atoms in total. The molecule has 2 amide bonds. The molecule has 0 radical (unpaired) electrons. The number of aromatic amines is 2. The van der Waals surface area contributed by atoms with Crippen LogP contribution in [0.15, 0.2) is 35.3 Å². The molecule has 9 heteroatoms. The molecule has 172 valence electrons. The molecule has 0 saturated carbocycles. The van der Waals surface area contributed by atoms with Crippen LogP contribution in [0.1, 0.15) is 51.9 Å². The summed E-state index contributed by atoms with van der Waals surface area (Å²) in [5.74, 6) is 0.240. The third-order valence-electron chi connectivity index (χ3n) is 6.13. The van der Waals surface area contributed by atoms with Crippen molar-refractivity contribution in [3.05, 3.63) is 80.3 Å². The number of aryl methyl sites for hydroxylation is 4. The van der Waals surface area contributed by atoms with Gasteiger partial charge in [0.25, 0.3) is 5.56 Å². The van der Waals surface area contributed by atoms with Crippen molar-refractivity contribution < 1.29 is 9.59 Å². The lowest BCUT2D eigenvalue weighted by molar-refractivity contribution is -0.124. The summed E-state index contributed by atoms with van der Waals surface area (Å²) in [6, 6.07) is 7.29. The number of rotatable bonds is 7. The maximum Gasteiger partial charge on any atom is 0.254 e. The summed E-state index contributed by atoms with van der Waals surface area (Å²) in [6.07, 6.45) is 2.82. The largest absolute Gasteiger partial charge is 0.350 e. The van der Waals surface area contributed by atoms with Gasteiger partial charge in [-0.05, 0) is 44.7 Å². The predicted octanol–water partition coefficient (Wildman–Crippen LogP) is 1.49. The van der Waals surface area contributed by atoms with E-state index < -0.39 is 0 Å². The zero-order chi connectivity index (χ0) is 23.5. The summed E-state index contributed by atoms with van der Waals surface area (Å²) in [7, 11) is 0. The van der Waals surface area contributed by atoms with Gasteiger partial charge in [-0.1, -0.05) is 24.3 Å². The Hall–Kier alpha value is -3.75. The lowest BCUT2D eigenvalue weighted by atomic mass is 10.1. The maximum atomic E-state index is 12.8. The lowest BCUT2D eigenvalue weighted by Gasteiger charge is -2.23. The summed E-state index contributed by atoms with van der Waals surface area (Å²) in [5, 5.41) is 13.2. The van der Waals surface area contributed by atoms with Crippen molar-refractivity contribution in [2.45, 2.75) is 58.5 Å². The lowest BCUT2D eigenvalue weighted by Crippen LogP contribution is -2.45. The third-order valence-corrected chi connectivity index (χ3v) is 6.13. The molecule has 1 aliphatic rings. The van der Waals surface area contributed by atoms with Gasteiger partial charge in [-0.2, -0.15) is 5.10 Å². The number of fused-ring (bicyclic) bond motifs is 1. The van der Waals surface area contributed by atoms with E-state index in [0.29, 0.717) is 24.2 Å². The number of amides is 2. The highest BCUT2D eigenvalue weighted by Crippen LogP contribution is 2.31. The smallest absolute Gasteiger partial charge is 0.254 e. The number of hydrogen-bond donors (Lipinski definition) is 4. The molecule has 0 saturated heterocycles. The normalized spacial score (nSPS) is 16.9. The quantitative estimate of drug-likeness (QED) is 0.435. The molecule has 4 N–H and O–H groups in total. The Bertz CT molecular complexity index is 1230. The van der Waals surface area contributed by atoms with Crippen LogP contribution in [0.4, 0.5) is 0 Å². The second-order valence-corrected chi connectivity index (χ2v) is 8.53. The fourth-order valence-electron chi connectivity index (χ4n) is 4.34. The molecule has 0 fully saturated rings. The molecule has 4 rings (SSSR count). The number of nitrogens with one attached hydrogen (secondary N) is 4. The van der Waals surface area contributed by atoms with Crippen molar-refractivity contribution in [1.82, 2.24) is 30.8 Å². The molecule has 2 aromatic heterocycles. The molecule has 1 aromatic carbocycles. The number of H-pyrrole nitrogens is 2. The summed E-state index contributed by atoms with van der Waals surface area (Å²) >= 11 is 0. The van der Waals surface area contributed by atoms with Gasteiger partial charge in [0.2, 0.25) is 11.8 Å². The van der Waals surface area contributed by atoms with Gasteiger partial charge in [0.1, 0.15) is 5.82 Å². The van der Waals surface area contributed by atoms with Crippen LogP contribution in [0.5, 0.6) is 0 Å². The third kappa shape index (κ3) is 5.02. The number of carbonyl (C=O) groups excluding carboxylic acids is 2. The number of nitrogens with zero attached hydrogens (tertiary/aromatic N) is 2. The van der Waals surface area contributed by atoms with Gasteiger partial charge in [0, 0.05) is 29.4 Å². The molecule has 0 aliphatic heterocycles. The van der Waals surface area contributed by atoms with Gasteiger partial charge in [-0.25, -0.2) is 4.98 Å². The topological polar surface area (TPSA) is 133 Å². The van der Waals surface area contributed by atoms with E-state index in [0.717, 1.165) is 28.1 Å². The minimum absolute atomic E-state index is 0.114. The molecule has 3 aromatic rings. The Kier molecular flexibility index (Phi) is 6.39. The van der Waals surface area contributed by atoms with E-state index in [1.807, 2.05) is 38.1 Å². The number of hydrogen-bond acceptors (Lipinski definition) is 5. The number of carbonyl (C=O) groups is 2. The highest BCUT2D eigenvalue weighted by atomic mass is 16.2. The molecule has 0 spiro atoms. The van der Waals surface area contributed by atoms with E-state index in [2.05, 4.69) is 30.8 Å². The van der Waals surface area contributed by atoms with Gasteiger partial charge in [-0.3, -0.25) is 19.5 Å². The van der Waals surface area contributed by atoms with Crippen LogP contribution in [0.2, 0.25) is 0 Å². The Morgan fingerprint density at radius 1 is 1.12 bits per heavy atom. The molecular weight excluding hydrogens is 420 g/mol. The van der Waals surface area contributed by atoms with Crippen molar-refractivity contribution in [3.8, 4) is 0 Å². The van der Waals surface area contributed by atoms with E-state index in [1.54, 1.807) is 6.92 Å². The predicted molar refractivity (Wildman–Crippen MR) is 123 cm³/mol. The summed E-state index contributed by atoms with van der Waals surface area (Å²) < 4.78 is 0. The zero-order valence-corrected chi connectivity index (χ0v) is 19.0. The fourth-order valence-corrected chi connectivity index (χ4v) is 4.34. The standard InChI is InChI=1S/C24H28N6O3/c1-13-19(14(2)30-29-13)11-22(32)27-20-10-16-6-4-5-7-18(16)23(20)28-21(31)9-8-17-12-25-15(3)26-24(17)33/h4-7,12,20,23H,8-11H2,1-3H3,(H,27,32)(H,28,31)(H,29,30)(H,25,26,33)/t20-,23-/m1/s1. The van der Waals surface area contributed by atoms with Crippen molar-refractivity contribution in [2.24, 2.45) is 0 Å². The minimum atomic E-state index is -0.335. The Balaban J connectivity index is 1.43. The van der Waals surface area contributed by atoms with Crippen LogP contribution in [-0.2, 0) is 28.9 Å². The van der Waals surface area contributed by atoms with Crippen LogP contribution in [0.3, 0.4) is 0 Å². The number of benzene rings is 1.